The van der Waals surface area contributed by atoms with Crippen LogP contribution in [0.4, 0.5) is 0 Å². The first kappa shape index (κ1) is 27.9. The minimum atomic E-state index is 0. The van der Waals surface area contributed by atoms with Crippen molar-refractivity contribution in [3.8, 4) is 0 Å². The predicted molar refractivity (Wildman–Crippen MR) is 35.6 cm³/mol. The second-order valence-electron chi connectivity index (χ2n) is 0. The average Bonchev–Trinajstić information content (AvgIpc) is 0. The van der Waals surface area contributed by atoms with Gasteiger partial charge in [-0.1, -0.05) is 0 Å². The first-order valence-electron chi connectivity index (χ1n) is 0. The van der Waals surface area contributed by atoms with Crippen LogP contribution in [0.1, 0.15) is 0 Å². The summed E-state index contributed by atoms with van der Waals surface area (Å²) in [5.74, 6) is 0. The Labute approximate surface area is 89.8 Å². The summed E-state index contributed by atoms with van der Waals surface area (Å²) < 4.78 is 0. The van der Waals surface area contributed by atoms with Crippen LogP contribution in [-0.2, 0) is 0 Å². The maximum Gasteiger partial charge on any atom is 0 e. The number of rotatable bonds is 0. The molecule has 0 aromatic carbocycles. The van der Waals surface area contributed by atoms with E-state index in [1.165, 1.54) is 0 Å². The molecule has 4 heteroatoms. The smallest absolute Gasteiger partial charge is 0 e. The van der Waals surface area contributed by atoms with Gasteiger partial charge in [0.1, 0.15) is 0 Å². The molecule has 0 bridgehead atoms. The molecular weight excluding hydrogens is 437 g/mol. The zero-order valence-corrected chi connectivity index (χ0v) is 12.7. The molecule has 0 nitrogen and oxygen atoms in total. The van der Waals surface area contributed by atoms with E-state index in [1.54, 1.807) is 0 Å². The molecule has 0 aliphatic rings. The van der Waals surface area contributed by atoms with Crippen LogP contribution in [0, 0.1) is 0 Å². The molecule has 0 aliphatic heterocycles. The molecule has 0 unspecified atom stereocenters. The molecule has 0 N–H and O–H groups in total. The summed E-state index contributed by atoms with van der Waals surface area (Å²) >= 11 is 0. The minimum absolute atomic E-state index is 0. The van der Waals surface area contributed by atoms with Gasteiger partial charge in [0, 0.05) is 23.7 Å². The van der Waals surface area contributed by atoms with Gasteiger partial charge in [0.15, 0.2) is 0 Å². The second kappa shape index (κ2) is 16.6. The van der Waals surface area contributed by atoms with Gasteiger partial charge in [-0.25, -0.2) is 0 Å². The van der Waals surface area contributed by atoms with Crippen molar-refractivity contribution >= 4 is 91.5 Å². The van der Waals surface area contributed by atoms with Crippen LogP contribution < -0.4 is 0 Å². The third-order valence-corrected chi connectivity index (χ3v) is 0. The van der Waals surface area contributed by atoms with E-state index >= 15 is 0 Å². The molecule has 0 spiro atoms. The van der Waals surface area contributed by atoms with Crippen molar-refractivity contribution in [2.45, 2.75) is 0 Å². The third-order valence-electron chi connectivity index (χ3n) is 0. The Morgan fingerprint density at radius 1 is 1.00 bits per heavy atom. The van der Waals surface area contributed by atoms with E-state index in [1.807, 2.05) is 0 Å². The molecule has 0 fully saturated rings. The maximum absolute atomic E-state index is 0. The van der Waals surface area contributed by atoms with Crippen LogP contribution in [-0.4, -0.2) is 91.5 Å². The van der Waals surface area contributed by atoms with Crippen LogP contribution in [0.2, 0.25) is 0 Å². The maximum atomic E-state index is 0. The van der Waals surface area contributed by atoms with Crippen molar-refractivity contribution in [1.82, 2.24) is 0 Å². The molecule has 3 radical (unpaired) electrons. The summed E-state index contributed by atoms with van der Waals surface area (Å²) in [4.78, 5) is 0. The van der Waals surface area contributed by atoms with Gasteiger partial charge in [-0.2, -0.15) is 0 Å². The van der Waals surface area contributed by atoms with E-state index in [0.29, 0.717) is 0 Å². The molecule has 0 aliphatic carbocycles. The van der Waals surface area contributed by atoms with E-state index in [-0.39, 0.29) is 91.5 Å². The fourth-order valence-electron chi connectivity index (χ4n) is 0. The molecule has 0 saturated carbocycles. The quantitative estimate of drug-likeness (QED) is 0.334. The SMILES string of the molecule is [GeH3].[InH3].[SbH3].[Te]. The first-order valence-corrected chi connectivity index (χ1v) is 0. The normalized spacial score (nSPS) is 0. The molecule has 4 heavy (non-hydrogen) atoms. The first-order chi connectivity index (χ1) is 0. The molecule has 0 rings (SSSR count). The zero-order chi connectivity index (χ0) is 0. The van der Waals surface area contributed by atoms with Gasteiger partial charge in [-0.15, -0.1) is 0 Å². The van der Waals surface area contributed by atoms with Crippen molar-refractivity contribution in [1.29, 1.82) is 0 Å². The molecule has 0 amide bonds. The van der Waals surface area contributed by atoms with E-state index in [0.717, 1.165) is 0 Å². The van der Waals surface area contributed by atoms with Gasteiger partial charge in [-0.05, 0) is 0 Å². The summed E-state index contributed by atoms with van der Waals surface area (Å²) in [6.07, 6.45) is 0. The average molecular weight is 446 g/mol. The van der Waals surface area contributed by atoms with E-state index in [4.69, 9.17) is 0 Å². The Bertz CT molecular complexity index is 8.00. The Balaban J connectivity index is 0. The molecule has 0 aromatic rings. The summed E-state index contributed by atoms with van der Waals surface area (Å²) in [5.41, 5.74) is 0. The minimum Gasteiger partial charge on any atom is 0 e. The second-order valence-corrected chi connectivity index (χ2v) is 0. The molecule has 0 heterocycles. The predicted octanol–water partition coefficient (Wildman–Crippen LogP) is -3.93. The van der Waals surface area contributed by atoms with Gasteiger partial charge in [-0.3, -0.25) is 0 Å². The number of hydrogen-bond donors (Lipinski definition) is 0. The van der Waals surface area contributed by atoms with Crippen molar-refractivity contribution in [2.75, 3.05) is 0 Å². The van der Waals surface area contributed by atoms with Gasteiger partial charge in [0.05, 0.1) is 0 Å². The Kier molecular flexibility index (Phi) is 116. The van der Waals surface area contributed by atoms with Crippen molar-refractivity contribution in [2.24, 2.45) is 0 Å². The molecule has 0 atom stereocenters. The summed E-state index contributed by atoms with van der Waals surface area (Å²) in [6.45, 7) is 0. The van der Waals surface area contributed by atoms with Crippen LogP contribution in [0.15, 0.2) is 0 Å². The van der Waals surface area contributed by atoms with E-state index < -0.39 is 0 Å². The van der Waals surface area contributed by atoms with E-state index in [2.05, 4.69) is 0 Å². The van der Waals surface area contributed by atoms with Gasteiger partial charge < -0.3 is 0 Å². The fourth-order valence-corrected chi connectivity index (χ4v) is 0. The Morgan fingerprint density at radius 2 is 1.00 bits per heavy atom. The summed E-state index contributed by atoms with van der Waals surface area (Å²) in [6, 6.07) is 0. The van der Waals surface area contributed by atoms with Crippen LogP contribution in [0.5, 0.6) is 0 Å². The largest absolute Gasteiger partial charge is 0 e. The molecular formula is H9GeInSbTe. The molecule has 0 saturated heterocycles. The topological polar surface area (TPSA) is 0 Å². The molecule has 0 aromatic heterocycles. The zero-order valence-electron chi connectivity index (χ0n) is 2.12. The van der Waals surface area contributed by atoms with Crippen LogP contribution >= 0.6 is 0 Å². The van der Waals surface area contributed by atoms with E-state index in [9.17, 15) is 0 Å². The van der Waals surface area contributed by atoms with Crippen LogP contribution in [0.25, 0.3) is 0 Å². The van der Waals surface area contributed by atoms with Crippen LogP contribution in [0.3, 0.4) is 0 Å². The van der Waals surface area contributed by atoms with Gasteiger partial charge in [0.25, 0.3) is 0 Å². The Hall–Kier alpha value is 3.02. The standard InChI is InChI=1S/GeH3.In.Sb.Te.6H/h1H3;;;;;;;;;. The van der Waals surface area contributed by atoms with Gasteiger partial charge >= 0.3 is 67.9 Å². The van der Waals surface area contributed by atoms with Crippen molar-refractivity contribution < 1.29 is 0 Å². The van der Waals surface area contributed by atoms with Crippen molar-refractivity contribution in [3.63, 3.8) is 0 Å². The number of hydrogen-bond acceptors (Lipinski definition) is 0. The van der Waals surface area contributed by atoms with Gasteiger partial charge in [0.2, 0.25) is 0 Å². The molecule has 27 valence electrons. The Morgan fingerprint density at radius 3 is 1.00 bits per heavy atom. The summed E-state index contributed by atoms with van der Waals surface area (Å²) in [5, 5.41) is 0. The monoisotopic (exact) mass is 449 g/mol. The summed E-state index contributed by atoms with van der Waals surface area (Å²) in [7, 11) is 0. The third kappa shape index (κ3) is 8.90. The van der Waals surface area contributed by atoms with Crippen molar-refractivity contribution in [3.05, 3.63) is 0 Å². The fraction of sp³-hybridized carbons (Fsp3) is 0.